The molecule has 0 saturated heterocycles. The molecule has 0 saturated carbocycles. The number of hydrogen-bond acceptors (Lipinski definition) is 8. The van der Waals surface area contributed by atoms with Crippen molar-refractivity contribution in [3.05, 3.63) is 77.4 Å². The van der Waals surface area contributed by atoms with Gasteiger partial charge in [0.1, 0.15) is 5.75 Å². The molecule has 0 spiro atoms. The van der Waals surface area contributed by atoms with Crippen LogP contribution < -0.4 is 29.1 Å². The summed E-state index contributed by atoms with van der Waals surface area (Å²) in [6.45, 7) is 0.132. The molecule has 9 heteroatoms. The normalized spacial score (nSPS) is 11.8. The number of methoxy groups -OCH3 is 2. The number of carbonyl (C=O) groups is 2. The predicted molar refractivity (Wildman–Crippen MR) is 123 cm³/mol. The van der Waals surface area contributed by atoms with Crippen LogP contribution in [0.5, 0.6) is 28.7 Å². The summed E-state index contributed by atoms with van der Waals surface area (Å²) in [6, 6.07) is 16.8. The molecule has 1 amide bonds. The van der Waals surface area contributed by atoms with E-state index in [1.165, 1.54) is 13.3 Å². The molecule has 3 aromatic rings. The molecule has 0 radical (unpaired) electrons. The van der Waals surface area contributed by atoms with Gasteiger partial charge < -0.3 is 23.7 Å². The van der Waals surface area contributed by atoms with Gasteiger partial charge in [-0.1, -0.05) is 6.07 Å². The van der Waals surface area contributed by atoms with Crippen LogP contribution in [0.3, 0.4) is 0 Å². The Bertz CT molecular complexity index is 1220. The number of hydrogen-bond donors (Lipinski definition) is 1. The van der Waals surface area contributed by atoms with Crippen molar-refractivity contribution in [2.75, 3.05) is 21.0 Å². The zero-order valence-electron chi connectivity index (χ0n) is 18.6. The first-order chi connectivity index (χ1) is 16.6. The first-order valence-corrected chi connectivity index (χ1v) is 10.3. The van der Waals surface area contributed by atoms with Crippen molar-refractivity contribution >= 4 is 18.1 Å². The number of esters is 1. The number of fused-ring (bicyclic) bond motifs is 1. The molecular weight excluding hydrogens is 440 g/mol. The Balaban J connectivity index is 1.29. The van der Waals surface area contributed by atoms with Crippen LogP contribution >= 0.6 is 0 Å². The second kappa shape index (κ2) is 10.4. The van der Waals surface area contributed by atoms with Gasteiger partial charge in [-0.2, -0.15) is 5.10 Å². The van der Waals surface area contributed by atoms with Gasteiger partial charge in [0.2, 0.25) is 12.7 Å². The zero-order valence-corrected chi connectivity index (χ0v) is 18.6. The molecule has 174 valence electrons. The number of nitrogens with zero attached hydrogens (tertiary/aromatic N) is 1. The number of rotatable bonds is 8. The highest BCUT2D eigenvalue weighted by molar-refractivity contribution is 5.92. The first-order valence-electron chi connectivity index (χ1n) is 10.3. The summed E-state index contributed by atoms with van der Waals surface area (Å²) in [6.07, 6.45) is 1.63. The van der Waals surface area contributed by atoms with Crippen LogP contribution in [0.25, 0.3) is 0 Å². The van der Waals surface area contributed by atoms with E-state index in [-0.39, 0.29) is 19.1 Å². The maximum Gasteiger partial charge on any atom is 0.343 e. The summed E-state index contributed by atoms with van der Waals surface area (Å²) >= 11 is 0. The van der Waals surface area contributed by atoms with Crippen LogP contribution in [0.2, 0.25) is 0 Å². The van der Waals surface area contributed by atoms with Crippen LogP contribution in [0.4, 0.5) is 0 Å². The second-order valence-electron chi connectivity index (χ2n) is 7.19. The zero-order chi connectivity index (χ0) is 23.9. The number of nitrogens with one attached hydrogen (secondary N) is 1. The molecular formula is C25H22N2O7. The molecule has 1 aliphatic heterocycles. The van der Waals surface area contributed by atoms with Crippen molar-refractivity contribution in [1.82, 2.24) is 5.43 Å². The van der Waals surface area contributed by atoms with Crippen molar-refractivity contribution in [3.63, 3.8) is 0 Å². The SMILES string of the molecule is COc1ccc(CC(=O)NN=Cc2ccc(OC(=O)c3ccc4c(c3)OCO4)cc2)cc1OC. The van der Waals surface area contributed by atoms with E-state index >= 15 is 0 Å². The van der Waals surface area contributed by atoms with Crippen LogP contribution in [0.15, 0.2) is 65.8 Å². The molecule has 34 heavy (non-hydrogen) atoms. The lowest BCUT2D eigenvalue weighted by molar-refractivity contribution is -0.120. The van der Waals surface area contributed by atoms with Crippen molar-refractivity contribution in [2.45, 2.75) is 6.42 Å². The second-order valence-corrected chi connectivity index (χ2v) is 7.19. The largest absolute Gasteiger partial charge is 0.493 e. The van der Waals surface area contributed by atoms with Gasteiger partial charge >= 0.3 is 5.97 Å². The van der Waals surface area contributed by atoms with E-state index in [1.807, 2.05) is 0 Å². The molecule has 4 rings (SSSR count). The van der Waals surface area contributed by atoms with Crippen LogP contribution in [0, 0.1) is 0 Å². The van der Waals surface area contributed by atoms with Crippen molar-refractivity contribution < 1.29 is 33.3 Å². The average Bonchev–Trinajstić information content (AvgIpc) is 3.33. The van der Waals surface area contributed by atoms with Gasteiger partial charge in [0.25, 0.3) is 0 Å². The Hall–Kier alpha value is -4.53. The minimum atomic E-state index is -0.512. The summed E-state index contributed by atoms with van der Waals surface area (Å²) in [5, 5.41) is 3.97. The molecule has 0 aromatic heterocycles. The molecule has 1 heterocycles. The van der Waals surface area contributed by atoms with Gasteiger partial charge in [0.05, 0.1) is 32.4 Å². The van der Waals surface area contributed by atoms with Crippen LogP contribution in [-0.2, 0) is 11.2 Å². The minimum absolute atomic E-state index is 0.131. The van der Waals surface area contributed by atoms with E-state index in [9.17, 15) is 9.59 Å². The Morgan fingerprint density at radius 1 is 0.941 bits per heavy atom. The monoisotopic (exact) mass is 462 g/mol. The first kappa shape index (κ1) is 22.7. The van der Waals surface area contributed by atoms with E-state index in [4.69, 9.17) is 23.7 Å². The van der Waals surface area contributed by atoms with E-state index in [0.29, 0.717) is 39.9 Å². The van der Waals surface area contributed by atoms with E-state index in [2.05, 4.69) is 10.5 Å². The predicted octanol–water partition coefficient (Wildman–Crippen LogP) is 3.34. The lowest BCUT2D eigenvalue weighted by atomic mass is 10.1. The molecule has 1 N–H and O–H groups in total. The van der Waals surface area contributed by atoms with Crippen LogP contribution in [0.1, 0.15) is 21.5 Å². The highest BCUT2D eigenvalue weighted by Crippen LogP contribution is 2.32. The van der Waals surface area contributed by atoms with Gasteiger partial charge in [-0.05, 0) is 65.7 Å². The third-order valence-corrected chi connectivity index (χ3v) is 4.91. The summed E-state index contributed by atoms with van der Waals surface area (Å²) in [5.41, 5.74) is 4.32. The third kappa shape index (κ3) is 5.44. The van der Waals surface area contributed by atoms with Crippen molar-refractivity contribution in [3.8, 4) is 28.7 Å². The quantitative estimate of drug-likeness (QED) is 0.237. The van der Waals surface area contributed by atoms with Gasteiger partial charge in [-0.15, -0.1) is 0 Å². The lowest BCUT2D eigenvalue weighted by Crippen LogP contribution is -2.19. The molecule has 0 fully saturated rings. The molecule has 0 unspecified atom stereocenters. The van der Waals surface area contributed by atoms with Crippen molar-refractivity contribution in [2.24, 2.45) is 5.10 Å². The highest BCUT2D eigenvalue weighted by atomic mass is 16.7. The van der Waals surface area contributed by atoms with E-state index < -0.39 is 5.97 Å². The summed E-state index contributed by atoms with van der Waals surface area (Å²) in [7, 11) is 3.09. The Morgan fingerprint density at radius 3 is 2.47 bits per heavy atom. The maximum absolute atomic E-state index is 12.4. The fraction of sp³-hybridized carbons (Fsp3) is 0.160. The smallest absolute Gasteiger partial charge is 0.343 e. The van der Waals surface area contributed by atoms with Crippen LogP contribution in [-0.4, -0.2) is 39.1 Å². The topological polar surface area (TPSA) is 105 Å². The number of hydrazone groups is 1. The third-order valence-electron chi connectivity index (χ3n) is 4.91. The average molecular weight is 462 g/mol. The van der Waals surface area contributed by atoms with E-state index in [1.54, 1.807) is 67.8 Å². The number of ether oxygens (including phenoxy) is 5. The Kier molecular flexibility index (Phi) is 6.92. The molecule has 3 aromatic carbocycles. The molecule has 9 nitrogen and oxygen atoms in total. The maximum atomic E-state index is 12.4. The fourth-order valence-corrected chi connectivity index (χ4v) is 3.21. The summed E-state index contributed by atoms with van der Waals surface area (Å²) in [4.78, 5) is 24.5. The van der Waals surface area contributed by atoms with E-state index in [0.717, 1.165) is 5.56 Å². The molecule has 0 aliphatic carbocycles. The summed E-state index contributed by atoms with van der Waals surface area (Å²) < 4.78 is 26.3. The summed E-state index contributed by atoms with van der Waals surface area (Å²) in [5.74, 6) is 1.83. The number of amides is 1. The van der Waals surface area contributed by atoms with Gasteiger partial charge in [-0.3, -0.25) is 4.79 Å². The van der Waals surface area contributed by atoms with Gasteiger partial charge in [-0.25, -0.2) is 10.2 Å². The Morgan fingerprint density at radius 2 is 1.71 bits per heavy atom. The molecule has 0 atom stereocenters. The molecule has 0 bridgehead atoms. The minimum Gasteiger partial charge on any atom is -0.493 e. The standard InChI is InChI=1S/C25H22N2O7/c1-30-20-9-5-17(11-22(20)31-2)12-24(28)27-26-14-16-3-7-19(8-4-16)34-25(29)18-6-10-21-23(13-18)33-15-32-21/h3-11,13-14H,12,15H2,1-2H3,(H,27,28). The van der Waals surface area contributed by atoms with Crippen molar-refractivity contribution in [1.29, 1.82) is 0 Å². The fourth-order valence-electron chi connectivity index (χ4n) is 3.21. The molecule has 1 aliphatic rings. The number of benzene rings is 3. The Labute approximate surface area is 195 Å². The van der Waals surface area contributed by atoms with Gasteiger partial charge in [0.15, 0.2) is 23.0 Å². The lowest BCUT2D eigenvalue weighted by Gasteiger charge is -2.09. The highest BCUT2D eigenvalue weighted by Gasteiger charge is 2.17. The number of carbonyl (C=O) groups excluding carboxylic acids is 2. The van der Waals surface area contributed by atoms with Gasteiger partial charge in [0, 0.05) is 0 Å².